The van der Waals surface area contributed by atoms with Gasteiger partial charge < -0.3 is 9.84 Å². The van der Waals surface area contributed by atoms with Gasteiger partial charge in [0.05, 0.1) is 6.61 Å². The van der Waals surface area contributed by atoms with E-state index in [1.807, 2.05) is 12.1 Å². The van der Waals surface area contributed by atoms with Crippen LogP contribution in [0, 0.1) is 5.82 Å². The van der Waals surface area contributed by atoms with E-state index in [1.54, 1.807) is 24.4 Å². The molecule has 5 heteroatoms. The number of rotatable bonds is 6. The molecule has 1 aliphatic rings. The minimum absolute atomic E-state index is 0.164. The molecule has 1 fully saturated rings. The normalized spacial score (nSPS) is 18.5. The summed E-state index contributed by atoms with van der Waals surface area (Å²) in [6.07, 6.45) is 5.20. The van der Waals surface area contributed by atoms with Gasteiger partial charge in [0.15, 0.2) is 0 Å². The van der Waals surface area contributed by atoms with Crippen molar-refractivity contribution in [2.24, 2.45) is 0 Å². The van der Waals surface area contributed by atoms with E-state index >= 15 is 0 Å². The van der Waals surface area contributed by atoms with Crippen LogP contribution in [-0.2, 0) is 13.2 Å². The van der Waals surface area contributed by atoms with Crippen molar-refractivity contribution < 1.29 is 14.2 Å². The van der Waals surface area contributed by atoms with E-state index in [1.165, 1.54) is 18.9 Å². The summed E-state index contributed by atoms with van der Waals surface area (Å²) in [4.78, 5) is 6.61. The van der Waals surface area contributed by atoms with Crippen molar-refractivity contribution in [2.45, 2.75) is 38.5 Å². The zero-order valence-corrected chi connectivity index (χ0v) is 13.7. The van der Waals surface area contributed by atoms with E-state index in [4.69, 9.17) is 4.74 Å². The lowest BCUT2D eigenvalue weighted by Crippen LogP contribution is -2.41. The Hall–Kier alpha value is -1.98. The first kappa shape index (κ1) is 16.9. The average Bonchev–Trinajstić information content (AvgIpc) is 2.63. The van der Waals surface area contributed by atoms with Crippen molar-refractivity contribution in [3.63, 3.8) is 0 Å². The second kappa shape index (κ2) is 8.22. The Morgan fingerprint density at radius 3 is 2.83 bits per heavy atom. The highest BCUT2D eigenvalue weighted by Gasteiger charge is 2.21. The quantitative estimate of drug-likeness (QED) is 0.884. The molecule has 0 aliphatic carbocycles. The van der Waals surface area contributed by atoms with Crippen LogP contribution in [-0.4, -0.2) is 34.2 Å². The van der Waals surface area contributed by atoms with Gasteiger partial charge >= 0.3 is 0 Å². The van der Waals surface area contributed by atoms with E-state index in [0.717, 1.165) is 25.1 Å². The molecule has 1 aromatic carbocycles. The second-order valence-electron chi connectivity index (χ2n) is 6.19. The summed E-state index contributed by atoms with van der Waals surface area (Å²) < 4.78 is 19.1. The van der Waals surface area contributed by atoms with Crippen LogP contribution in [0.2, 0.25) is 0 Å². The van der Waals surface area contributed by atoms with Gasteiger partial charge in [-0.3, -0.25) is 4.90 Å². The Balaban J connectivity index is 1.56. The molecule has 2 heterocycles. The number of halogens is 1. The largest absolute Gasteiger partial charge is 0.473 e. The summed E-state index contributed by atoms with van der Waals surface area (Å²) in [6.45, 7) is 2.16. The summed E-state index contributed by atoms with van der Waals surface area (Å²) >= 11 is 0. The molecule has 24 heavy (non-hydrogen) atoms. The van der Waals surface area contributed by atoms with E-state index in [0.29, 0.717) is 11.4 Å². The Kier molecular flexibility index (Phi) is 5.77. The maximum Gasteiger partial charge on any atom is 0.213 e. The molecule has 1 aromatic heterocycles. The zero-order chi connectivity index (χ0) is 16.8. The van der Waals surface area contributed by atoms with E-state index in [2.05, 4.69) is 9.88 Å². The van der Waals surface area contributed by atoms with Crippen LogP contribution >= 0.6 is 0 Å². The lowest BCUT2D eigenvalue weighted by molar-refractivity contribution is 0.0840. The molecule has 128 valence electrons. The number of hydrogen-bond acceptors (Lipinski definition) is 4. The third-order valence-electron chi connectivity index (χ3n) is 4.48. The number of benzene rings is 1. The molecule has 0 saturated carbocycles. The number of pyridine rings is 1. The van der Waals surface area contributed by atoms with Gasteiger partial charge in [-0.05, 0) is 31.0 Å². The van der Waals surface area contributed by atoms with Crippen molar-refractivity contribution in [1.82, 2.24) is 9.88 Å². The molecule has 0 spiro atoms. The van der Waals surface area contributed by atoms with Crippen LogP contribution in [0.3, 0.4) is 0 Å². The summed E-state index contributed by atoms with van der Waals surface area (Å²) in [5.41, 5.74) is 1.61. The van der Waals surface area contributed by atoms with Crippen LogP contribution in [0.5, 0.6) is 5.88 Å². The van der Waals surface area contributed by atoms with Crippen LogP contribution in [0.4, 0.5) is 4.39 Å². The maximum absolute atomic E-state index is 13.6. The number of hydrogen-bond donors (Lipinski definition) is 1. The summed E-state index contributed by atoms with van der Waals surface area (Å²) in [7, 11) is 0. The molecule has 1 N–H and O–H groups in total. The van der Waals surface area contributed by atoms with Gasteiger partial charge in [-0.2, -0.15) is 0 Å². The van der Waals surface area contributed by atoms with E-state index in [9.17, 15) is 9.50 Å². The minimum Gasteiger partial charge on any atom is -0.473 e. The minimum atomic E-state index is -0.269. The smallest absolute Gasteiger partial charge is 0.213 e. The zero-order valence-electron chi connectivity index (χ0n) is 13.7. The SMILES string of the molecule is OCC1CCCCN1Cc1ccc(OCc2ccccc2F)nc1. The lowest BCUT2D eigenvalue weighted by Gasteiger charge is -2.34. The molecule has 2 aromatic rings. The summed E-state index contributed by atoms with van der Waals surface area (Å²) in [6, 6.07) is 10.6. The first-order valence-corrected chi connectivity index (χ1v) is 8.42. The number of aliphatic hydroxyl groups is 1. The molecule has 1 atom stereocenters. The highest BCUT2D eigenvalue weighted by Crippen LogP contribution is 2.20. The third-order valence-corrected chi connectivity index (χ3v) is 4.48. The number of ether oxygens (including phenoxy) is 1. The number of piperidine rings is 1. The van der Waals surface area contributed by atoms with Gasteiger partial charge in [0.2, 0.25) is 5.88 Å². The topological polar surface area (TPSA) is 45.6 Å². The van der Waals surface area contributed by atoms with Gasteiger partial charge in [0, 0.05) is 30.4 Å². The molecular formula is C19H23FN2O2. The molecule has 0 bridgehead atoms. The summed E-state index contributed by atoms with van der Waals surface area (Å²) in [5, 5.41) is 9.48. The van der Waals surface area contributed by atoms with E-state index < -0.39 is 0 Å². The number of likely N-dealkylation sites (tertiary alicyclic amines) is 1. The van der Waals surface area contributed by atoms with Crippen LogP contribution < -0.4 is 4.74 Å². The average molecular weight is 330 g/mol. The van der Waals surface area contributed by atoms with Gasteiger partial charge in [0.1, 0.15) is 12.4 Å². The predicted octanol–water partition coefficient (Wildman–Crippen LogP) is 3.15. The monoisotopic (exact) mass is 330 g/mol. The van der Waals surface area contributed by atoms with E-state index in [-0.39, 0.29) is 25.1 Å². The fourth-order valence-electron chi connectivity index (χ4n) is 3.07. The fourth-order valence-corrected chi connectivity index (χ4v) is 3.07. The predicted molar refractivity (Wildman–Crippen MR) is 90.1 cm³/mol. The fraction of sp³-hybridized carbons (Fsp3) is 0.421. The van der Waals surface area contributed by atoms with Gasteiger partial charge in [-0.1, -0.05) is 30.7 Å². The molecule has 1 unspecified atom stereocenters. The van der Waals surface area contributed by atoms with Crippen molar-refractivity contribution >= 4 is 0 Å². The Morgan fingerprint density at radius 1 is 1.21 bits per heavy atom. The highest BCUT2D eigenvalue weighted by atomic mass is 19.1. The van der Waals surface area contributed by atoms with Crippen LogP contribution in [0.1, 0.15) is 30.4 Å². The lowest BCUT2D eigenvalue weighted by atomic mass is 10.0. The van der Waals surface area contributed by atoms with Crippen molar-refractivity contribution in [3.05, 3.63) is 59.5 Å². The molecular weight excluding hydrogens is 307 g/mol. The molecule has 1 aliphatic heterocycles. The molecule has 4 nitrogen and oxygen atoms in total. The van der Waals surface area contributed by atoms with Gasteiger partial charge in [-0.25, -0.2) is 9.37 Å². The standard InChI is InChI=1S/C19H23FN2O2/c20-18-7-2-1-5-16(18)14-24-19-9-8-15(11-21-19)12-22-10-4-3-6-17(22)13-23/h1-2,5,7-9,11,17,23H,3-4,6,10,12-14H2. The highest BCUT2D eigenvalue weighted by molar-refractivity contribution is 5.20. The first-order valence-electron chi connectivity index (χ1n) is 8.42. The number of aliphatic hydroxyl groups excluding tert-OH is 1. The third kappa shape index (κ3) is 4.30. The van der Waals surface area contributed by atoms with Gasteiger partial charge in [-0.15, -0.1) is 0 Å². The second-order valence-corrected chi connectivity index (χ2v) is 6.19. The molecule has 3 rings (SSSR count). The van der Waals surface area contributed by atoms with Crippen molar-refractivity contribution in [2.75, 3.05) is 13.2 Å². The van der Waals surface area contributed by atoms with Crippen molar-refractivity contribution in [1.29, 1.82) is 0 Å². The molecule has 0 amide bonds. The maximum atomic E-state index is 13.6. The Morgan fingerprint density at radius 2 is 2.08 bits per heavy atom. The van der Waals surface area contributed by atoms with Gasteiger partial charge in [0.25, 0.3) is 0 Å². The van der Waals surface area contributed by atoms with Crippen LogP contribution in [0.15, 0.2) is 42.6 Å². The summed E-state index contributed by atoms with van der Waals surface area (Å²) in [5.74, 6) is 0.216. The van der Waals surface area contributed by atoms with Crippen LogP contribution in [0.25, 0.3) is 0 Å². The molecule has 0 radical (unpaired) electrons. The molecule has 1 saturated heterocycles. The first-order chi connectivity index (χ1) is 11.8. The Labute approximate surface area is 141 Å². The van der Waals surface area contributed by atoms with Crippen molar-refractivity contribution in [3.8, 4) is 5.88 Å². The number of aromatic nitrogens is 1. The Bertz CT molecular complexity index is 648. The number of nitrogens with zero attached hydrogens (tertiary/aromatic N) is 2.